The van der Waals surface area contributed by atoms with Crippen molar-refractivity contribution in [3.8, 4) is 0 Å². The third-order valence-electron chi connectivity index (χ3n) is 6.69. The molecular formula is C27H34N3O+. The number of urea groups is 1. The van der Waals surface area contributed by atoms with Gasteiger partial charge in [0, 0.05) is 18.7 Å². The van der Waals surface area contributed by atoms with E-state index in [1.165, 1.54) is 43.3 Å². The Labute approximate surface area is 185 Å². The average molecular weight is 417 g/mol. The highest BCUT2D eigenvalue weighted by Crippen LogP contribution is 2.25. The minimum atomic E-state index is -0.125. The standard InChI is InChI=1S/C27H33N3O/c1-30(18-14-23(15-19-30)20-22-8-3-2-4-9-22)17-7-16-28-27(31)29-26-13-12-24-10-5-6-11-25(24)21-26/h2-6,8-13,21,23H,7,14-20H2,1H3,(H-,28,29,31)/p+1. The quantitative estimate of drug-likeness (QED) is 0.390. The summed E-state index contributed by atoms with van der Waals surface area (Å²) in [4.78, 5) is 12.3. The lowest BCUT2D eigenvalue weighted by Gasteiger charge is -2.40. The number of piperidine rings is 1. The van der Waals surface area contributed by atoms with Crippen LogP contribution in [0.4, 0.5) is 10.5 Å². The summed E-state index contributed by atoms with van der Waals surface area (Å²) in [6.45, 7) is 4.30. The fourth-order valence-corrected chi connectivity index (χ4v) is 4.72. The fourth-order valence-electron chi connectivity index (χ4n) is 4.72. The minimum Gasteiger partial charge on any atom is -0.338 e. The van der Waals surface area contributed by atoms with E-state index in [-0.39, 0.29) is 6.03 Å². The van der Waals surface area contributed by atoms with Crippen molar-refractivity contribution in [2.45, 2.75) is 25.7 Å². The molecule has 1 aliphatic rings. The highest BCUT2D eigenvalue weighted by Gasteiger charge is 2.29. The van der Waals surface area contributed by atoms with Crippen LogP contribution in [-0.4, -0.2) is 43.7 Å². The molecule has 3 aromatic carbocycles. The Morgan fingerprint density at radius 3 is 2.42 bits per heavy atom. The van der Waals surface area contributed by atoms with Crippen LogP contribution in [-0.2, 0) is 6.42 Å². The second kappa shape index (κ2) is 9.97. The molecule has 162 valence electrons. The van der Waals surface area contributed by atoms with Gasteiger partial charge in [-0.05, 0) is 53.6 Å². The van der Waals surface area contributed by atoms with E-state index in [1.54, 1.807) is 0 Å². The molecule has 1 aliphatic heterocycles. The number of carbonyl (C=O) groups excluding carboxylic acids is 1. The van der Waals surface area contributed by atoms with Gasteiger partial charge in [0.15, 0.2) is 0 Å². The van der Waals surface area contributed by atoms with Gasteiger partial charge in [-0.25, -0.2) is 4.79 Å². The number of rotatable bonds is 7. The molecule has 31 heavy (non-hydrogen) atoms. The zero-order valence-corrected chi connectivity index (χ0v) is 18.5. The van der Waals surface area contributed by atoms with E-state index in [4.69, 9.17) is 0 Å². The Bertz CT molecular complexity index is 994. The van der Waals surface area contributed by atoms with Crippen LogP contribution in [0.1, 0.15) is 24.8 Å². The number of anilines is 1. The number of likely N-dealkylation sites (tertiary alicyclic amines) is 1. The lowest BCUT2D eigenvalue weighted by Crippen LogP contribution is -2.51. The monoisotopic (exact) mass is 416 g/mol. The molecule has 0 aromatic heterocycles. The summed E-state index contributed by atoms with van der Waals surface area (Å²) in [6, 6.07) is 24.9. The summed E-state index contributed by atoms with van der Waals surface area (Å²) in [5.41, 5.74) is 2.29. The number of hydrogen-bond acceptors (Lipinski definition) is 1. The van der Waals surface area contributed by atoms with E-state index in [2.05, 4.69) is 60.1 Å². The largest absolute Gasteiger partial charge is 0.338 e. The van der Waals surface area contributed by atoms with E-state index in [0.717, 1.165) is 34.4 Å². The maximum Gasteiger partial charge on any atom is 0.319 e. The third-order valence-corrected chi connectivity index (χ3v) is 6.69. The fraction of sp³-hybridized carbons (Fsp3) is 0.370. The highest BCUT2D eigenvalue weighted by atomic mass is 16.2. The first-order valence-corrected chi connectivity index (χ1v) is 11.5. The molecule has 0 saturated carbocycles. The number of hydrogen-bond donors (Lipinski definition) is 2. The molecule has 2 amide bonds. The van der Waals surface area contributed by atoms with Crippen LogP contribution >= 0.6 is 0 Å². The van der Waals surface area contributed by atoms with E-state index < -0.39 is 0 Å². The predicted molar refractivity (Wildman–Crippen MR) is 129 cm³/mol. The number of nitrogens with zero attached hydrogens (tertiary/aromatic N) is 1. The molecule has 1 fully saturated rings. The SMILES string of the molecule is C[N+]1(CCCNC(=O)Nc2ccc3ccccc3c2)CCC(Cc2ccccc2)CC1. The molecule has 2 N–H and O–H groups in total. The summed E-state index contributed by atoms with van der Waals surface area (Å²) in [6.07, 6.45) is 4.80. The van der Waals surface area contributed by atoms with E-state index in [0.29, 0.717) is 6.54 Å². The second-order valence-corrected chi connectivity index (χ2v) is 9.22. The van der Waals surface area contributed by atoms with Gasteiger partial charge >= 0.3 is 6.03 Å². The van der Waals surface area contributed by atoms with Crippen LogP contribution < -0.4 is 10.6 Å². The topological polar surface area (TPSA) is 41.1 Å². The van der Waals surface area contributed by atoms with Crippen LogP contribution in [0.5, 0.6) is 0 Å². The van der Waals surface area contributed by atoms with Crippen molar-refractivity contribution in [1.29, 1.82) is 0 Å². The van der Waals surface area contributed by atoms with Crippen LogP contribution in [0.3, 0.4) is 0 Å². The second-order valence-electron chi connectivity index (χ2n) is 9.22. The Morgan fingerprint density at radius 2 is 1.65 bits per heavy atom. The summed E-state index contributed by atoms with van der Waals surface area (Å²) in [5, 5.41) is 8.28. The number of amides is 2. The predicted octanol–water partition coefficient (Wildman–Crippen LogP) is 5.45. The van der Waals surface area contributed by atoms with Gasteiger partial charge in [0.25, 0.3) is 0 Å². The summed E-state index contributed by atoms with van der Waals surface area (Å²) < 4.78 is 1.12. The molecule has 4 nitrogen and oxygen atoms in total. The Balaban J connectivity index is 1.16. The first kappa shape index (κ1) is 21.4. The number of nitrogens with one attached hydrogen (secondary N) is 2. The summed E-state index contributed by atoms with van der Waals surface area (Å²) >= 11 is 0. The maximum atomic E-state index is 12.3. The molecule has 4 rings (SSSR count). The molecule has 0 aliphatic carbocycles. The molecule has 0 bridgehead atoms. The minimum absolute atomic E-state index is 0.125. The van der Waals surface area contributed by atoms with Gasteiger partial charge in [0.2, 0.25) is 0 Å². The number of fused-ring (bicyclic) bond motifs is 1. The Morgan fingerprint density at radius 1 is 0.935 bits per heavy atom. The lowest BCUT2D eigenvalue weighted by atomic mass is 9.89. The number of quaternary nitrogens is 1. The van der Waals surface area contributed by atoms with Gasteiger partial charge in [0.05, 0.1) is 26.7 Å². The van der Waals surface area contributed by atoms with Crippen molar-refractivity contribution in [2.75, 3.05) is 38.5 Å². The molecule has 0 radical (unpaired) electrons. The van der Waals surface area contributed by atoms with Gasteiger partial charge in [-0.15, -0.1) is 0 Å². The van der Waals surface area contributed by atoms with Gasteiger partial charge in [-0.1, -0.05) is 60.7 Å². The van der Waals surface area contributed by atoms with Crippen molar-refractivity contribution in [2.24, 2.45) is 5.92 Å². The van der Waals surface area contributed by atoms with E-state index >= 15 is 0 Å². The zero-order chi connectivity index (χ0) is 21.5. The highest BCUT2D eigenvalue weighted by molar-refractivity contribution is 5.93. The van der Waals surface area contributed by atoms with Crippen molar-refractivity contribution < 1.29 is 9.28 Å². The first-order chi connectivity index (χ1) is 15.1. The molecule has 0 unspecified atom stereocenters. The smallest absolute Gasteiger partial charge is 0.319 e. The number of carbonyl (C=O) groups is 1. The maximum absolute atomic E-state index is 12.3. The van der Waals surface area contributed by atoms with E-state index in [9.17, 15) is 4.79 Å². The zero-order valence-electron chi connectivity index (χ0n) is 18.5. The van der Waals surface area contributed by atoms with Crippen LogP contribution in [0.2, 0.25) is 0 Å². The molecule has 0 spiro atoms. The molecular weight excluding hydrogens is 382 g/mol. The van der Waals surface area contributed by atoms with Crippen LogP contribution in [0, 0.1) is 5.92 Å². The number of benzene rings is 3. The molecule has 1 saturated heterocycles. The van der Waals surface area contributed by atoms with Crippen LogP contribution in [0.25, 0.3) is 10.8 Å². The molecule has 1 heterocycles. The Hall–Kier alpha value is -2.85. The van der Waals surface area contributed by atoms with Crippen molar-refractivity contribution in [3.63, 3.8) is 0 Å². The van der Waals surface area contributed by atoms with Crippen molar-refractivity contribution >= 4 is 22.5 Å². The average Bonchev–Trinajstić information content (AvgIpc) is 2.79. The molecule has 0 atom stereocenters. The Kier molecular flexibility index (Phi) is 6.88. The van der Waals surface area contributed by atoms with Gasteiger partial charge in [-0.2, -0.15) is 0 Å². The molecule has 3 aromatic rings. The van der Waals surface area contributed by atoms with Gasteiger partial charge in [-0.3, -0.25) is 0 Å². The van der Waals surface area contributed by atoms with E-state index in [1.807, 2.05) is 30.3 Å². The normalized spacial score (nSPS) is 21.0. The van der Waals surface area contributed by atoms with Crippen LogP contribution in [0.15, 0.2) is 72.8 Å². The summed E-state index contributed by atoms with van der Waals surface area (Å²) in [7, 11) is 2.37. The third kappa shape index (κ3) is 6.08. The lowest BCUT2D eigenvalue weighted by molar-refractivity contribution is -0.915. The first-order valence-electron chi connectivity index (χ1n) is 11.5. The van der Waals surface area contributed by atoms with Crippen molar-refractivity contribution in [1.82, 2.24) is 5.32 Å². The van der Waals surface area contributed by atoms with Gasteiger partial charge in [0.1, 0.15) is 0 Å². The molecule has 4 heteroatoms. The van der Waals surface area contributed by atoms with Crippen molar-refractivity contribution in [3.05, 3.63) is 78.4 Å². The van der Waals surface area contributed by atoms with Gasteiger partial charge < -0.3 is 15.1 Å². The summed E-state index contributed by atoms with van der Waals surface area (Å²) in [5.74, 6) is 0.805.